The fraction of sp³-hybridized carbons (Fsp3) is 0.706. The number of hydrogen-bond acceptors (Lipinski definition) is 4. The number of ether oxygens (including phenoxy) is 1. The smallest absolute Gasteiger partial charge is 0.129 e. The molecule has 0 aliphatic carbocycles. The summed E-state index contributed by atoms with van der Waals surface area (Å²) in [6, 6.07) is 4.96. The molecule has 21 heavy (non-hydrogen) atoms. The Morgan fingerprint density at radius 1 is 1.29 bits per heavy atom. The second-order valence-electron chi connectivity index (χ2n) is 6.95. The van der Waals surface area contributed by atoms with Gasteiger partial charge in [-0.05, 0) is 37.6 Å². The van der Waals surface area contributed by atoms with Gasteiger partial charge in [0, 0.05) is 44.0 Å². The van der Waals surface area contributed by atoms with Gasteiger partial charge in [-0.3, -0.25) is 0 Å². The van der Waals surface area contributed by atoms with Gasteiger partial charge in [0.15, 0.2) is 0 Å². The van der Waals surface area contributed by atoms with Crippen molar-refractivity contribution >= 4 is 5.82 Å². The minimum Gasteiger partial charge on any atom is -0.381 e. The van der Waals surface area contributed by atoms with Crippen LogP contribution in [0.25, 0.3) is 0 Å². The first kappa shape index (κ1) is 16.2. The van der Waals surface area contributed by atoms with Crippen molar-refractivity contribution < 1.29 is 4.74 Å². The molecule has 0 bridgehead atoms. The van der Waals surface area contributed by atoms with Crippen LogP contribution in [-0.2, 0) is 16.7 Å². The molecule has 2 heterocycles. The van der Waals surface area contributed by atoms with Crippen LogP contribution in [0, 0.1) is 0 Å². The van der Waals surface area contributed by atoms with Crippen LogP contribution in [0.15, 0.2) is 12.1 Å². The molecule has 0 radical (unpaired) electrons. The first-order chi connectivity index (χ1) is 9.91. The normalized spacial score (nSPS) is 17.0. The molecule has 4 nitrogen and oxygen atoms in total. The van der Waals surface area contributed by atoms with Crippen molar-refractivity contribution in [2.24, 2.45) is 0 Å². The molecule has 1 aliphatic rings. The lowest BCUT2D eigenvalue weighted by atomic mass is 9.90. The fourth-order valence-electron chi connectivity index (χ4n) is 2.70. The van der Waals surface area contributed by atoms with Crippen LogP contribution in [0.5, 0.6) is 0 Å². The van der Waals surface area contributed by atoms with E-state index in [-0.39, 0.29) is 5.41 Å². The zero-order chi connectivity index (χ0) is 15.5. The maximum atomic E-state index is 5.47. The molecule has 0 saturated carbocycles. The summed E-state index contributed by atoms with van der Waals surface area (Å²) in [5.74, 6) is 1.08. The highest BCUT2D eigenvalue weighted by Crippen LogP contribution is 2.26. The van der Waals surface area contributed by atoms with Gasteiger partial charge in [0.05, 0.1) is 0 Å². The van der Waals surface area contributed by atoms with Crippen LogP contribution in [0.1, 0.15) is 44.9 Å². The minimum absolute atomic E-state index is 0.0645. The van der Waals surface area contributed by atoms with Crippen LogP contribution in [-0.4, -0.2) is 38.3 Å². The molecule has 0 unspecified atom stereocenters. The summed E-state index contributed by atoms with van der Waals surface area (Å²) in [5.41, 5.74) is 2.52. The SMILES string of the molecule is CNCc1cc(N(C)C2CCOCC2)nc(C(C)(C)C)c1. The molecule has 1 aliphatic heterocycles. The van der Waals surface area contributed by atoms with E-state index in [0.717, 1.165) is 44.1 Å². The van der Waals surface area contributed by atoms with E-state index in [1.165, 1.54) is 5.56 Å². The van der Waals surface area contributed by atoms with Gasteiger partial charge < -0.3 is 15.0 Å². The summed E-state index contributed by atoms with van der Waals surface area (Å²) in [7, 11) is 4.15. The van der Waals surface area contributed by atoms with Crippen molar-refractivity contribution in [3.8, 4) is 0 Å². The Morgan fingerprint density at radius 3 is 2.52 bits per heavy atom. The van der Waals surface area contributed by atoms with Gasteiger partial charge in [-0.1, -0.05) is 20.8 Å². The Balaban J connectivity index is 2.30. The average molecular weight is 291 g/mol. The van der Waals surface area contributed by atoms with E-state index < -0.39 is 0 Å². The number of aromatic nitrogens is 1. The summed E-state index contributed by atoms with van der Waals surface area (Å²) in [4.78, 5) is 7.25. The lowest BCUT2D eigenvalue weighted by molar-refractivity contribution is 0.0853. The summed E-state index contributed by atoms with van der Waals surface area (Å²) >= 11 is 0. The largest absolute Gasteiger partial charge is 0.381 e. The van der Waals surface area contributed by atoms with Crippen molar-refractivity contribution in [2.75, 3.05) is 32.2 Å². The maximum Gasteiger partial charge on any atom is 0.129 e. The lowest BCUT2D eigenvalue weighted by Gasteiger charge is -2.33. The van der Waals surface area contributed by atoms with Gasteiger partial charge in [0.2, 0.25) is 0 Å². The fourth-order valence-corrected chi connectivity index (χ4v) is 2.70. The molecule has 2 rings (SSSR count). The third kappa shape index (κ3) is 4.17. The zero-order valence-electron chi connectivity index (χ0n) is 14.1. The molecular formula is C17H29N3O. The van der Waals surface area contributed by atoms with E-state index in [1.54, 1.807) is 0 Å². The molecule has 1 fully saturated rings. The Morgan fingerprint density at radius 2 is 1.95 bits per heavy atom. The maximum absolute atomic E-state index is 5.47. The van der Waals surface area contributed by atoms with E-state index in [2.05, 4.69) is 50.2 Å². The third-order valence-electron chi connectivity index (χ3n) is 4.12. The molecule has 0 amide bonds. The second kappa shape index (κ2) is 6.75. The Bertz CT molecular complexity index is 462. The molecule has 118 valence electrons. The molecule has 0 atom stereocenters. The topological polar surface area (TPSA) is 37.4 Å². The molecule has 0 aromatic carbocycles. The van der Waals surface area contributed by atoms with Crippen LogP contribution in [0.4, 0.5) is 5.82 Å². The summed E-state index contributed by atoms with van der Waals surface area (Å²) in [6.07, 6.45) is 2.17. The van der Waals surface area contributed by atoms with Crippen LogP contribution < -0.4 is 10.2 Å². The van der Waals surface area contributed by atoms with Crippen molar-refractivity contribution in [3.63, 3.8) is 0 Å². The van der Waals surface area contributed by atoms with Gasteiger partial charge >= 0.3 is 0 Å². The van der Waals surface area contributed by atoms with E-state index in [0.29, 0.717) is 6.04 Å². The molecule has 1 aromatic rings. The quantitative estimate of drug-likeness (QED) is 0.925. The van der Waals surface area contributed by atoms with E-state index >= 15 is 0 Å². The standard InChI is InChI=1S/C17H29N3O/c1-17(2,3)15-10-13(12-18-4)11-16(19-15)20(5)14-6-8-21-9-7-14/h10-11,14,18H,6-9,12H2,1-5H3. The van der Waals surface area contributed by atoms with Crippen molar-refractivity contribution in [1.82, 2.24) is 10.3 Å². The monoisotopic (exact) mass is 291 g/mol. The van der Waals surface area contributed by atoms with Gasteiger partial charge in [-0.25, -0.2) is 4.98 Å². The third-order valence-corrected chi connectivity index (χ3v) is 4.12. The van der Waals surface area contributed by atoms with Gasteiger partial charge in [0.1, 0.15) is 5.82 Å². The summed E-state index contributed by atoms with van der Waals surface area (Å²) in [6.45, 7) is 9.25. The summed E-state index contributed by atoms with van der Waals surface area (Å²) in [5, 5.41) is 3.24. The number of pyridine rings is 1. The lowest BCUT2D eigenvalue weighted by Crippen LogP contribution is -2.37. The first-order valence-corrected chi connectivity index (χ1v) is 7.88. The van der Waals surface area contributed by atoms with Crippen LogP contribution in [0.3, 0.4) is 0 Å². The van der Waals surface area contributed by atoms with Gasteiger partial charge in [-0.15, -0.1) is 0 Å². The van der Waals surface area contributed by atoms with Crippen molar-refractivity contribution in [3.05, 3.63) is 23.4 Å². The number of nitrogens with zero attached hydrogens (tertiary/aromatic N) is 2. The number of rotatable bonds is 4. The van der Waals surface area contributed by atoms with Crippen molar-refractivity contribution in [2.45, 2.75) is 51.6 Å². The molecule has 0 spiro atoms. The van der Waals surface area contributed by atoms with E-state index in [9.17, 15) is 0 Å². The van der Waals surface area contributed by atoms with Crippen LogP contribution >= 0.6 is 0 Å². The minimum atomic E-state index is 0.0645. The predicted molar refractivity (Wildman–Crippen MR) is 87.9 cm³/mol. The van der Waals surface area contributed by atoms with E-state index in [4.69, 9.17) is 9.72 Å². The molecule has 1 saturated heterocycles. The van der Waals surface area contributed by atoms with Crippen molar-refractivity contribution in [1.29, 1.82) is 0 Å². The Hall–Kier alpha value is -1.13. The molecule has 4 heteroatoms. The average Bonchev–Trinajstić information content (AvgIpc) is 2.46. The van der Waals surface area contributed by atoms with Crippen LogP contribution in [0.2, 0.25) is 0 Å². The summed E-state index contributed by atoms with van der Waals surface area (Å²) < 4.78 is 5.47. The highest BCUT2D eigenvalue weighted by Gasteiger charge is 2.22. The Labute approximate surface area is 128 Å². The molecular weight excluding hydrogens is 262 g/mol. The number of nitrogens with one attached hydrogen (secondary N) is 1. The first-order valence-electron chi connectivity index (χ1n) is 7.88. The van der Waals surface area contributed by atoms with Gasteiger partial charge in [-0.2, -0.15) is 0 Å². The number of anilines is 1. The zero-order valence-corrected chi connectivity index (χ0v) is 14.1. The Kier molecular flexibility index (Phi) is 5.22. The predicted octanol–water partition coefficient (Wildman–Crippen LogP) is 2.71. The number of hydrogen-bond donors (Lipinski definition) is 1. The molecule has 1 N–H and O–H groups in total. The van der Waals surface area contributed by atoms with Gasteiger partial charge in [0.25, 0.3) is 0 Å². The highest BCUT2D eigenvalue weighted by molar-refractivity contribution is 5.44. The highest BCUT2D eigenvalue weighted by atomic mass is 16.5. The van der Waals surface area contributed by atoms with E-state index in [1.807, 2.05) is 7.05 Å². The molecule has 1 aromatic heterocycles. The second-order valence-corrected chi connectivity index (χ2v) is 6.95.